The van der Waals surface area contributed by atoms with Gasteiger partial charge in [-0.25, -0.2) is 0 Å². The summed E-state index contributed by atoms with van der Waals surface area (Å²) in [5, 5.41) is 18.1. The fourth-order valence-electron chi connectivity index (χ4n) is 2.58. The molecule has 2 N–H and O–H groups in total. The summed E-state index contributed by atoms with van der Waals surface area (Å²) in [6.45, 7) is 6.93. The summed E-state index contributed by atoms with van der Waals surface area (Å²) in [5.74, 6) is 0.877. The van der Waals surface area contributed by atoms with E-state index < -0.39 is 0 Å². The van der Waals surface area contributed by atoms with Gasteiger partial charge in [0.05, 0.1) is 13.2 Å². The van der Waals surface area contributed by atoms with Crippen molar-refractivity contribution in [3.05, 3.63) is 0 Å². The molecule has 0 aromatic carbocycles. The van der Waals surface area contributed by atoms with Crippen LogP contribution in [0.1, 0.15) is 39.5 Å². The fraction of sp³-hybridized carbons (Fsp3) is 1.00. The number of hydrogen-bond donors (Lipinski definition) is 3. The van der Waals surface area contributed by atoms with Crippen LogP contribution in [0.15, 0.2) is 0 Å². The van der Waals surface area contributed by atoms with E-state index in [0.717, 1.165) is 38.0 Å². The van der Waals surface area contributed by atoms with E-state index in [-0.39, 0.29) is 18.6 Å². The number of thiol groups is 1. The van der Waals surface area contributed by atoms with Crippen molar-refractivity contribution in [2.75, 3.05) is 38.6 Å². The minimum absolute atomic E-state index is 0.154. The average molecular weight is 263 g/mol. The van der Waals surface area contributed by atoms with Crippen molar-refractivity contribution in [1.29, 1.82) is 0 Å². The first kappa shape index (κ1) is 17.2. The smallest absolute Gasteiger partial charge is 0.0558 e. The lowest BCUT2D eigenvalue weighted by Gasteiger charge is -2.37. The Labute approximate surface area is 112 Å². The SMILES string of the molecule is CCCC(CS)(CCC)CN(CCO)CCO. The van der Waals surface area contributed by atoms with Crippen molar-refractivity contribution in [3.8, 4) is 0 Å². The Bertz CT molecular complexity index is 167. The summed E-state index contributed by atoms with van der Waals surface area (Å²) >= 11 is 4.53. The molecule has 0 aliphatic heterocycles. The molecule has 0 saturated carbocycles. The van der Waals surface area contributed by atoms with E-state index >= 15 is 0 Å². The second-order valence-electron chi connectivity index (χ2n) is 4.88. The van der Waals surface area contributed by atoms with Crippen LogP contribution in [0.3, 0.4) is 0 Å². The monoisotopic (exact) mass is 263 g/mol. The second kappa shape index (κ2) is 10.2. The number of rotatable bonds is 11. The molecule has 3 nitrogen and oxygen atoms in total. The first-order chi connectivity index (χ1) is 8.17. The van der Waals surface area contributed by atoms with E-state index in [1.807, 2.05) is 0 Å². The molecule has 0 bridgehead atoms. The number of aliphatic hydroxyl groups is 2. The van der Waals surface area contributed by atoms with Crippen LogP contribution < -0.4 is 0 Å². The Kier molecular flexibility index (Phi) is 10.3. The molecular formula is C13H29NO2S. The van der Waals surface area contributed by atoms with Crippen molar-refractivity contribution in [2.24, 2.45) is 5.41 Å². The molecule has 0 radical (unpaired) electrons. The van der Waals surface area contributed by atoms with Gasteiger partial charge >= 0.3 is 0 Å². The molecule has 0 aromatic heterocycles. The molecule has 0 fully saturated rings. The highest BCUT2D eigenvalue weighted by atomic mass is 32.1. The van der Waals surface area contributed by atoms with Gasteiger partial charge in [0.2, 0.25) is 0 Å². The lowest BCUT2D eigenvalue weighted by Crippen LogP contribution is -2.41. The van der Waals surface area contributed by atoms with Crippen molar-refractivity contribution in [3.63, 3.8) is 0 Å². The van der Waals surface area contributed by atoms with E-state index in [2.05, 4.69) is 31.4 Å². The van der Waals surface area contributed by atoms with Gasteiger partial charge in [-0.2, -0.15) is 12.6 Å². The third kappa shape index (κ3) is 6.65. The quantitative estimate of drug-likeness (QED) is 0.498. The van der Waals surface area contributed by atoms with Crippen molar-refractivity contribution < 1.29 is 10.2 Å². The van der Waals surface area contributed by atoms with Crippen LogP contribution in [0.25, 0.3) is 0 Å². The molecule has 0 aliphatic rings. The Hall–Kier alpha value is 0.230. The standard InChI is InChI=1S/C13H29NO2S/c1-3-5-13(12-17,6-4-2)11-14(7-9-15)8-10-16/h15-17H,3-12H2,1-2H3. The molecule has 0 heterocycles. The van der Waals surface area contributed by atoms with Crippen LogP contribution >= 0.6 is 12.6 Å². The molecule has 0 unspecified atom stereocenters. The molecular weight excluding hydrogens is 234 g/mol. The lowest BCUT2D eigenvalue weighted by molar-refractivity contribution is 0.104. The summed E-state index contributed by atoms with van der Waals surface area (Å²) in [5.41, 5.74) is 0.233. The van der Waals surface area contributed by atoms with Gasteiger partial charge < -0.3 is 10.2 Å². The van der Waals surface area contributed by atoms with Gasteiger partial charge in [0.1, 0.15) is 0 Å². The van der Waals surface area contributed by atoms with Crippen molar-refractivity contribution in [2.45, 2.75) is 39.5 Å². The average Bonchev–Trinajstić information content (AvgIpc) is 2.30. The Morgan fingerprint density at radius 3 is 1.76 bits per heavy atom. The van der Waals surface area contributed by atoms with Crippen LogP contribution in [-0.4, -0.2) is 53.7 Å². The maximum Gasteiger partial charge on any atom is 0.0558 e. The summed E-state index contributed by atoms with van der Waals surface area (Å²) in [4.78, 5) is 2.15. The van der Waals surface area contributed by atoms with E-state index in [0.29, 0.717) is 13.1 Å². The van der Waals surface area contributed by atoms with Crippen LogP contribution in [-0.2, 0) is 0 Å². The fourth-order valence-corrected chi connectivity index (χ4v) is 3.00. The number of nitrogens with zero attached hydrogens (tertiary/aromatic N) is 1. The van der Waals surface area contributed by atoms with E-state index in [9.17, 15) is 0 Å². The third-order valence-electron chi connectivity index (χ3n) is 3.29. The molecule has 0 atom stereocenters. The summed E-state index contributed by atoms with van der Waals surface area (Å²) < 4.78 is 0. The highest BCUT2D eigenvalue weighted by molar-refractivity contribution is 7.80. The van der Waals surface area contributed by atoms with Crippen LogP contribution in [0.2, 0.25) is 0 Å². The maximum atomic E-state index is 9.05. The Morgan fingerprint density at radius 1 is 1.00 bits per heavy atom. The van der Waals surface area contributed by atoms with Gasteiger partial charge in [-0.05, 0) is 24.0 Å². The van der Waals surface area contributed by atoms with Gasteiger partial charge in [-0.15, -0.1) is 0 Å². The van der Waals surface area contributed by atoms with E-state index in [1.165, 1.54) is 0 Å². The van der Waals surface area contributed by atoms with Crippen molar-refractivity contribution in [1.82, 2.24) is 4.90 Å². The highest BCUT2D eigenvalue weighted by Gasteiger charge is 2.29. The van der Waals surface area contributed by atoms with Crippen molar-refractivity contribution >= 4 is 12.6 Å². The van der Waals surface area contributed by atoms with Crippen LogP contribution in [0, 0.1) is 5.41 Å². The Morgan fingerprint density at radius 2 is 1.47 bits per heavy atom. The molecule has 0 rings (SSSR count). The first-order valence-corrected chi connectivity index (χ1v) is 7.36. The number of aliphatic hydroxyl groups excluding tert-OH is 2. The molecule has 104 valence electrons. The molecule has 0 spiro atoms. The van der Waals surface area contributed by atoms with E-state index in [1.54, 1.807) is 0 Å². The van der Waals surface area contributed by atoms with Gasteiger partial charge in [0, 0.05) is 19.6 Å². The highest BCUT2D eigenvalue weighted by Crippen LogP contribution is 2.32. The lowest BCUT2D eigenvalue weighted by atomic mass is 9.80. The Balaban J connectivity index is 4.53. The minimum Gasteiger partial charge on any atom is -0.395 e. The topological polar surface area (TPSA) is 43.7 Å². The molecule has 0 aliphatic carbocycles. The summed E-state index contributed by atoms with van der Waals surface area (Å²) in [6.07, 6.45) is 4.65. The molecule has 4 heteroatoms. The first-order valence-electron chi connectivity index (χ1n) is 6.73. The zero-order valence-electron chi connectivity index (χ0n) is 11.4. The van der Waals surface area contributed by atoms with Crippen LogP contribution in [0.5, 0.6) is 0 Å². The largest absolute Gasteiger partial charge is 0.395 e. The second-order valence-corrected chi connectivity index (χ2v) is 5.20. The van der Waals surface area contributed by atoms with E-state index in [4.69, 9.17) is 10.2 Å². The zero-order valence-corrected chi connectivity index (χ0v) is 12.3. The summed E-state index contributed by atoms with van der Waals surface area (Å²) in [7, 11) is 0. The summed E-state index contributed by atoms with van der Waals surface area (Å²) in [6, 6.07) is 0. The van der Waals surface area contributed by atoms with Crippen LogP contribution in [0.4, 0.5) is 0 Å². The van der Waals surface area contributed by atoms with Gasteiger partial charge in [-0.1, -0.05) is 26.7 Å². The molecule has 0 amide bonds. The predicted molar refractivity (Wildman–Crippen MR) is 76.7 cm³/mol. The normalized spacial score (nSPS) is 12.4. The number of hydrogen-bond acceptors (Lipinski definition) is 4. The zero-order chi connectivity index (χ0) is 13.1. The predicted octanol–water partition coefficient (Wildman–Crippen LogP) is 1.79. The molecule has 17 heavy (non-hydrogen) atoms. The van der Waals surface area contributed by atoms with Gasteiger partial charge in [0.25, 0.3) is 0 Å². The molecule has 0 saturated heterocycles. The minimum atomic E-state index is 0.154. The third-order valence-corrected chi connectivity index (χ3v) is 3.96. The molecule has 0 aromatic rings. The van der Waals surface area contributed by atoms with Gasteiger partial charge in [-0.3, -0.25) is 4.90 Å². The maximum absolute atomic E-state index is 9.05. The van der Waals surface area contributed by atoms with Gasteiger partial charge in [0.15, 0.2) is 0 Å².